The number of hydrogen-bond acceptors (Lipinski definition) is 5. The molecule has 2 heterocycles. The zero-order valence-electron chi connectivity index (χ0n) is 16.3. The number of alkyl halides is 3. The molecule has 1 aliphatic heterocycles. The maximum Gasteiger partial charge on any atom is 0.390 e. The number of carbonyl (C=O) groups excluding carboxylic acids is 3. The maximum absolute atomic E-state index is 12.8. The van der Waals surface area contributed by atoms with Gasteiger partial charge in [0.05, 0.1) is 30.4 Å². The number of piperidine rings is 1. The summed E-state index contributed by atoms with van der Waals surface area (Å²) in [5.74, 6) is -1.06. The van der Waals surface area contributed by atoms with Crippen LogP contribution in [0.15, 0.2) is 18.5 Å². The fourth-order valence-corrected chi connectivity index (χ4v) is 3.72. The summed E-state index contributed by atoms with van der Waals surface area (Å²) in [4.78, 5) is 42.1. The van der Waals surface area contributed by atoms with E-state index in [1.54, 1.807) is 6.07 Å². The Morgan fingerprint density at radius 2 is 2.03 bits per heavy atom. The molecule has 0 unspecified atom stereocenters. The topological polar surface area (TPSA) is 117 Å². The third-order valence-electron chi connectivity index (χ3n) is 5.32. The minimum atomic E-state index is -4.36. The van der Waals surface area contributed by atoms with E-state index >= 15 is 0 Å². The van der Waals surface area contributed by atoms with Gasteiger partial charge in [0.15, 0.2) is 0 Å². The van der Waals surface area contributed by atoms with Gasteiger partial charge >= 0.3 is 6.18 Å². The number of ketones is 1. The lowest BCUT2D eigenvalue weighted by Crippen LogP contribution is -2.50. The fourth-order valence-electron chi connectivity index (χ4n) is 3.72. The molecule has 8 nitrogen and oxygen atoms in total. The number of pyridine rings is 1. The second-order valence-electron chi connectivity index (χ2n) is 7.52. The molecule has 4 N–H and O–H groups in total. The lowest BCUT2D eigenvalue weighted by atomic mass is 10.1. The van der Waals surface area contributed by atoms with Crippen LogP contribution in [-0.2, 0) is 14.4 Å². The Labute approximate surface area is 170 Å². The molecule has 0 bridgehead atoms. The Balaban J connectivity index is 1.61. The molecule has 162 valence electrons. The number of nitrogens with two attached hydrogens (primary N) is 1. The average molecular weight is 426 g/mol. The maximum atomic E-state index is 12.8. The molecule has 2 fully saturated rings. The highest BCUT2D eigenvalue weighted by atomic mass is 19.4. The second kappa shape index (κ2) is 8.41. The standard InChI is InChI=1S/C19H22F3N5O3/c1-10(28)17(23)12-2-4-24-8-13(12)26-9-16(29)27-14-6-11(14)7-15(27)18(30)25-5-3-19(20,21)22/h2,4,8,11,14-15,23,26H,3,5-7,9H2,1H3,(H,25,30)/p+1/t11-,14-,15+/m1/s1. The van der Waals surface area contributed by atoms with Gasteiger partial charge in [-0.3, -0.25) is 24.8 Å². The van der Waals surface area contributed by atoms with Gasteiger partial charge in [-0.25, -0.2) is 0 Å². The molecule has 3 rings (SSSR count). The van der Waals surface area contributed by atoms with Crippen LogP contribution < -0.4 is 16.0 Å². The summed E-state index contributed by atoms with van der Waals surface area (Å²) >= 11 is 0. The fraction of sp³-hybridized carbons (Fsp3) is 0.526. The summed E-state index contributed by atoms with van der Waals surface area (Å²) in [5.41, 5.74) is 0.839. The molecule has 0 aromatic carbocycles. The van der Waals surface area contributed by atoms with Gasteiger partial charge in [-0.2, -0.15) is 13.2 Å². The van der Waals surface area contributed by atoms with Crippen LogP contribution in [0.4, 0.5) is 18.9 Å². The van der Waals surface area contributed by atoms with Crippen LogP contribution in [0.5, 0.6) is 0 Å². The Morgan fingerprint density at radius 1 is 1.30 bits per heavy atom. The monoisotopic (exact) mass is 426 g/mol. The van der Waals surface area contributed by atoms with Crippen molar-refractivity contribution in [2.24, 2.45) is 5.92 Å². The smallest absolute Gasteiger partial charge is 0.374 e. The first-order valence-electron chi connectivity index (χ1n) is 9.55. The largest absolute Gasteiger partial charge is 0.390 e. The molecule has 1 aliphatic carbocycles. The molecule has 2 aliphatic rings. The average Bonchev–Trinajstić information content (AvgIpc) is 3.34. The Morgan fingerprint density at radius 3 is 2.70 bits per heavy atom. The molecular formula is C19H23F3N5O3+. The molecule has 1 aromatic rings. The van der Waals surface area contributed by atoms with Crippen LogP contribution in [0.2, 0.25) is 0 Å². The number of nitrogens with one attached hydrogen (secondary N) is 2. The van der Waals surface area contributed by atoms with Crippen LogP contribution in [0.25, 0.3) is 0 Å². The van der Waals surface area contributed by atoms with Crippen molar-refractivity contribution in [1.82, 2.24) is 15.2 Å². The number of nitrogens with zero attached hydrogens (tertiary/aromatic N) is 2. The molecule has 1 saturated heterocycles. The number of likely N-dealkylation sites (tertiary alicyclic amines) is 1. The molecule has 3 atom stereocenters. The molecule has 11 heteroatoms. The molecular weight excluding hydrogens is 403 g/mol. The van der Waals surface area contributed by atoms with E-state index in [2.05, 4.69) is 15.6 Å². The van der Waals surface area contributed by atoms with Crippen molar-refractivity contribution >= 4 is 29.0 Å². The molecule has 0 radical (unpaired) electrons. The quantitative estimate of drug-likeness (QED) is 0.493. The van der Waals surface area contributed by atoms with Crippen LogP contribution in [0.3, 0.4) is 0 Å². The third-order valence-corrected chi connectivity index (χ3v) is 5.32. The van der Waals surface area contributed by atoms with E-state index in [-0.39, 0.29) is 35.9 Å². The summed E-state index contributed by atoms with van der Waals surface area (Å²) in [5, 5.41) is 11.0. The number of halogens is 3. The van der Waals surface area contributed by atoms with Gasteiger partial charge in [0.1, 0.15) is 6.04 Å². The Kier molecular flexibility index (Phi) is 6.09. The number of amides is 2. The first-order valence-corrected chi connectivity index (χ1v) is 9.55. The minimum Gasteiger partial charge on any atom is -0.374 e. The molecule has 2 amide bonds. The van der Waals surface area contributed by atoms with Gasteiger partial charge in [0, 0.05) is 25.7 Å². The van der Waals surface area contributed by atoms with E-state index in [4.69, 9.17) is 5.41 Å². The lowest BCUT2D eigenvalue weighted by Gasteiger charge is -2.27. The van der Waals surface area contributed by atoms with Gasteiger partial charge in [-0.15, -0.1) is 0 Å². The van der Waals surface area contributed by atoms with E-state index in [9.17, 15) is 27.6 Å². The van der Waals surface area contributed by atoms with Gasteiger partial charge in [0.25, 0.3) is 0 Å². The summed E-state index contributed by atoms with van der Waals surface area (Å²) in [6.07, 6.45) is -1.35. The van der Waals surface area contributed by atoms with Crippen molar-refractivity contribution < 1.29 is 33.0 Å². The number of rotatable bonds is 8. The van der Waals surface area contributed by atoms with E-state index < -0.39 is 31.1 Å². The summed E-state index contributed by atoms with van der Waals surface area (Å²) < 4.78 is 36.9. The molecule has 1 aromatic heterocycles. The Hall–Kier alpha value is -2.98. The predicted octanol–water partition coefficient (Wildman–Crippen LogP) is -0.311. The van der Waals surface area contributed by atoms with Gasteiger partial charge < -0.3 is 15.5 Å². The lowest BCUT2D eigenvalue weighted by molar-refractivity contribution is -0.141. The van der Waals surface area contributed by atoms with Crippen LogP contribution in [-0.4, -0.2) is 64.5 Å². The predicted molar refractivity (Wildman–Crippen MR) is 100 cm³/mol. The number of Topliss-reactive ketones (excluding diaryl/α,β-unsaturated/α-hetero) is 1. The Bertz CT molecular complexity index is 873. The first-order chi connectivity index (χ1) is 14.1. The van der Waals surface area contributed by atoms with Crippen LogP contribution >= 0.6 is 0 Å². The molecule has 30 heavy (non-hydrogen) atoms. The van der Waals surface area contributed by atoms with Crippen molar-refractivity contribution in [2.75, 3.05) is 18.4 Å². The van der Waals surface area contributed by atoms with Gasteiger partial charge in [-0.05, 0) is 24.8 Å². The van der Waals surface area contributed by atoms with Crippen molar-refractivity contribution in [3.05, 3.63) is 24.0 Å². The summed E-state index contributed by atoms with van der Waals surface area (Å²) in [6.45, 7) is 0.636. The number of aromatic nitrogens is 1. The summed E-state index contributed by atoms with van der Waals surface area (Å²) in [6, 6.07) is 0.700. The van der Waals surface area contributed by atoms with Crippen molar-refractivity contribution in [1.29, 1.82) is 0 Å². The van der Waals surface area contributed by atoms with Crippen LogP contribution in [0.1, 0.15) is 31.7 Å². The van der Waals surface area contributed by atoms with Gasteiger partial charge in [-0.1, -0.05) is 0 Å². The molecule has 1 saturated carbocycles. The van der Waals surface area contributed by atoms with Crippen molar-refractivity contribution in [3.63, 3.8) is 0 Å². The number of fused-ring (bicyclic) bond motifs is 1. The number of hydrogen-bond donors (Lipinski definition) is 3. The zero-order valence-corrected chi connectivity index (χ0v) is 16.3. The van der Waals surface area contributed by atoms with E-state index in [1.807, 2.05) is 0 Å². The minimum absolute atomic E-state index is 0.0256. The third kappa shape index (κ3) is 4.95. The highest BCUT2D eigenvalue weighted by Crippen LogP contribution is 2.47. The van der Waals surface area contributed by atoms with Crippen molar-refractivity contribution in [2.45, 2.75) is 44.4 Å². The van der Waals surface area contributed by atoms with E-state index in [0.29, 0.717) is 17.7 Å². The van der Waals surface area contributed by atoms with E-state index in [1.165, 1.54) is 24.2 Å². The van der Waals surface area contributed by atoms with Gasteiger partial charge in [0.2, 0.25) is 23.3 Å². The number of anilines is 1. The SMILES string of the molecule is CC(=O)C(=[NH2+])c1ccncc1NCC(=O)N1[C@@H]2C[C@@H]2C[C@H]1C(=O)NCCC(F)(F)F. The van der Waals surface area contributed by atoms with Crippen molar-refractivity contribution in [3.8, 4) is 0 Å². The highest BCUT2D eigenvalue weighted by molar-refractivity contribution is 6.43. The highest BCUT2D eigenvalue weighted by Gasteiger charge is 2.55. The zero-order chi connectivity index (χ0) is 22.1. The second-order valence-corrected chi connectivity index (χ2v) is 7.52. The number of carbonyl (C=O) groups is 3. The van der Waals surface area contributed by atoms with E-state index in [0.717, 1.165) is 6.42 Å². The first kappa shape index (κ1) is 21.7. The van der Waals surface area contributed by atoms with Crippen LogP contribution in [0, 0.1) is 5.92 Å². The molecule has 0 spiro atoms. The summed E-state index contributed by atoms with van der Waals surface area (Å²) in [7, 11) is 0. The normalized spacial score (nSPS) is 22.3.